The molecule has 1 atom stereocenters. The summed E-state index contributed by atoms with van der Waals surface area (Å²) in [6, 6.07) is 0.0540. The van der Waals surface area contributed by atoms with E-state index >= 15 is 0 Å². The van der Waals surface area contributed by atoms with Crippen molar-refractivity contribution in [2.45, 2.75) is 38.6 Å². The number of imidazole rings is 1. The summed E-state index contributed by atoms with van der Waals surface area (Å²) in [6.07, 6.45) is 5.86. The molecule has 18 heavy (non-hydrogen) atoms. The van der Waals surface area contributed by atoms with Gasteiger partial charge in [-0.05, 0) is 25.7 Å². The Morgan fingerprint density at radius 2 is 2.17 bits per heavy atom. The largest absolute Gasteiger partial charge is 0.477 e. The molecule has 0 aromatic carbocycles. The molecular formula is C12H17N3O3. The van der Waals surface area contributed by atoms with E-state index in [-0.39, 0.29) is 17.4 Å². The highest BCUT2D eigenvalue weighted by Crippen LogP contribution is 2.27. The van der Waals surface area contributed by atoms with Crippen LogP contribution in [0, 0.1) is 5.92 Å². The van der Waals surface area contributed by atoms with Crippen LogP contribution in [0.2, 0.25) is 0 Å². The Hall–Kier alpha value is -1.85. The van der Waals surface area contributed by atoms with Crippen molar-refractivity contribution in [1.29, 1.82) is 0 Å². The molecule has 1 aromatic rings. The van der Waals surface area contributed by atoms with Crippen molar-refractivity contribution in [1.82, 2.24) is 15.3 Å². The number of aromatic carboxylic acids is 1. The van der Waals surface area contributed by atoms with E-state index in [0.717, 1.165) is 12.8 Å². The molecule has 1 saturated carbocycles. The molecule has 1 aromatic heterocycles. The molecule has 1 aliphatic rings. The van der Waals surface area contributed by atoms with Gasteiger partial charge in [-0.1, -0.05) is 12.8 Å². The smallest absolute Gasteiger partial charge is 0.354 e. The second-order valence-corrected chi connectivity index (χ2v) is 4.74. The lowest BCUT2D eigenvalue weighted by Crippen LogP contribution is -2.38. The third-order valence-corrected chi connectivity index (χ3v) is 3.53. The molecule has 2 rings (SSSR count). The minimum atomic E-state index is -1.17. The van der Waals surface area contributed by atoms with Gasteiger partial charge >= 0.3 is 5.97 Å². The monoisotopic (exact) mass is 251 g/mol. The number of aromatic amines is 1. The molecule has 6 heteroatoms. The first-order chi connectivity index (χ1) is 8.59. The van der Waals surface area contributed by atoms with Crippen molar-refractivity contribution in [2.24, 2.45) is 5.92 Å². The number of H-pyrrole nitrogens is 1. The maximum atomic E-state index is 11.9. The number of carboxylic acids is 1. The van der Waals surface area contributed by atoms with Gasteiger partial charge in [0.05, 0.1) is 6.33 Å². The van der Waals surface area contributed by atoms with E-state index in [9.17, 15) is 9.59 Å². The minimum absolute atomic E-state index is 0.0488. The van der Waals surface area contributed by atoms with Crippen LogP contribution in [0.5, 0.6) is 0 Å². The summed E-state index contributed by atoms with van der Waals surface area (Å²) in [5, 5.41) is 11.7. The van der Waals surface area contributed by atoms with Crippen molar-refractivity contribution >= 4 is 11.9 Å². The molecule has 0 saturated heterocycles. The zero-order valence-corrected chi connectivity index (χ0v) is 10.3. The normalized spacial score (nSPS) is 17.6. The lowest BCUT2D eigenvalue weighted by molar-refractivity contribution is 0.0684. The van der Waals surface area contributed by atoms with E-state index in [4.69, 9.17) is 5.11 Å². The van der Waals surface area contributed by atoms with E-state index in [1.807, 2.05) is 6.92 Å². The Kier molecular flexibility index (Phi) is 3.64. The fourth-order valence-electron chi connectivity index (χ4n) is 2.48. The molecule has 1 fully saturated rings. The van der Waals surface area contributed by atoms with Gasteiger partial charge in [0.25, 0.3) is 5.91 Å². The first-order valence-electron chi connectivity index (χ1n) is 6.17. The molecule has 0 spiro atoms. The number of amides is 1. The number of hydrogen-bond donors (Lipinski definition) is 3. The lowest BCUT2D eigenvalue weighted by Gasteiger charge is -2.19. The molecule has 98 valence electrons. The third-order valence-electron chi connectivity index (χ3n) is 3.53. The fourth-order valence-corrected chi connectivity index (χ4v) is 2.48. The first kappa shape index (κ1) is 12.6. The average molecular weight is 251 g/mol. The Bertz CT molecular complexity index is 449. The summed E-state index contributed by atoms with van der Waals surface area (Å²) in [5.74, 6) is -1.11. The predicted octanol–water partition coefficient (Wildman–Crippen LogP) is 1.42. The summed E-state index contributed by atoms with van der Waals surface area (Å²) in [7, 11) is 0. The summed E-state index contributed by atoms with van der Waals surface area (Å²) in [4.78, 5) is 29.0. The van der Waals surface area contributed by atoms with E-state index in [0.29, 0.717) is 5.92 Å². The molecule has 1 amide bonds. The standard InChI is InChI=1S/C12H17N3O3/c1-7(8-4-2-3-5-8)15-11(16)9-10(12(17)18)14-6-13-9/h6-8H,2-5H2,1H3,(H,13,14)(H,15,16)(H,17,18)/t7-/m0/s1. The maximum Gasteiger partial charge on any atom is 0.354 e. The van der Waals surface area contributed by atoms with Crippen LogP contribution in [0.15, 0.2) is 6.33 Å². The second-order valence-electron chi connectivity index (χ2n) is 4.74. The number of carbonyl (C=O) groups excluding carboxylic acids is 1. The highest BCUT2D eigenvalue weighted by molar-refractivity contribution is 6.02. The number of carboxylic acid groups (broad SMARTS) is 1. The third kappa shape index (κ3) is 2.52. The molecule has 1 heterocycles. The van der Waals surface area contributed by atoms with Crippen molar-refractivity contribution in [3.8, 4) is 0 Å². The summed E-state index contributed by atoms with van der Waals surface area (Å²) in [6.45, 7) is 1.96. The van der Waals surface area contributed by atoms with Gasteiger partial charge < -0.3 is 15.4 Å². The SMILES string of the molecule is C[C@H](NC(=O)c1nc[nH]c1C(=O)O)C1CCCC1. The molecule has 0 aliphatic heterocycles. The zero-order chi connectivity index (χ0) is 13.1. The van der Waals surface area contributed by atoms with E-state index < -0.39 is 11.9 Å². The van der Waals surface area contributed by atoms with E-state index in [2.05, 4.69) is 15.3 Å². The molecule has 1 aliphatic carbocycles. The number of nitrogens with one attached hydrogen (secondary N) is 2. The fraction of sp³-hybridized carbons (Fsp3) is 0.583. The van der Waals surface area contributed by atoms with Crippen LogP contribution >= 0.6 is 0 Å². The second kappa shape index (κ2) is 5.20. The van der Waals surface area contributed by atoms with Crippen LogP contribution in [-0.4, -0.2) is 33.0 Å². The Morgan fingerprint density at radius 1 is 1.50 bits per heavy atom. The van der Waals surface area contributed by atoms with Gasteiger partial charge in [0.2, 0.25) is 0 Å². The van der Waals surface area contributed by atoms with Crippen LogP contribution in [0.3, 0.4) is 0 Å². The Balaban J connectivity index is 2.02. The zero-order valence-electron chi connectivity index (χ0n) is 10.3. The highest BCUT2D eigenvalue weighted by atomic mass is 16.4. The number of carbonyl (C=O) groups is 2. The number of aromatic nitrogens is 2. The number of hydrogen-bond acceptors (Lipinski definition) is 3. The van der Waals surface area contributed by atoms with Crippen molar-refractivity contribution in [3.05, 3.63) is 17.7 Å². The van der Waals surface area contributed by atoms with Gasteiger partial charge in [-0.3, -0.25) is 4.79 Å². The van der Waals surface area contributed by atoms with Gasteiger partial charge in [0.1, 0.15) is 0 Å². The molecule has 0 radical (unpaired) electrons. The van der Waals surface area contributed by atoms with Gasteiger partial charge in [0, 0.05) is 6.04 Å². The Labute approximate surface area is 105 Å². The van der Waals surface area contributed by atoms with E-state index in [1.165, 1.54) is 19.2 Å². The number of rotatable bonds is 4. The summed E-state index contributed by atoms with van der Waals surface area (Å²) < 4.78 is 0. The van der Waals surface area contributed by atoms with Gasteiger partial charge in [-0.25, -0.2) is 9.78 Å². The van der Waals surface area contributed by atoms with Crippen molar-refractivity contribution in [2.75, 3.05) is 0 Å². The summed E-state index contributed by atoms with van der Waals surface area (Å²) in [5.41, 5.74) is -0.210. The van der Waals surface area contributed by atoms with Crippen LogP contribution in [0.25, 0.3) is 0 Å². The lowest BCUT2D eigenvalue weighted by atomic mass is 10.00. The minimum Gasteiger partial charge on any atom is -0.477 e. The highest BCUT2D eigenvalue weighted by Gasteiger charge is 2.26. The van der Waals surface area contributed by atoms with Gasteiger partial charge in [-0.2, -0.15) is 0 Å². The average Bonchev–Trinajstić information content (AvgIpc) is 3.00. The van der Waals surface area contributed by atoms with Crippen LogP contribution in [0.4, 0.5) is 0 Å². The maximum absolute atomic E-state index is 11.9. The van der Waals surface area contributed by atoms with Crippen molar-refractivity contribution in [3.63, 3.8) is 0 Å². The molecule has 0 unspecified atom stereocenters. The summed E-state index contributed by atoms with van der Waals surface area (Å²) >= 11 is 0. The quantitative estimate of drug-likeness (QED) is 0.754. The van der Waals surface area contributed by atoms with E-state index in [1.54, 1.807) is 0 Å². The van der Waals surface area contributed by atoms with Gasteiger partial charge in [0.15, 0.2) is 11.4 Å². The topological polar surface area (TPSA) is 95.1 Å². The van der Waals surface area contributed by atoms with Gasteiger partial charge in [-0.15, -0.1) is 0 Å². The van der Waals surface area contributed by atoms with Crippen LogP contribution in [0.1, 0.15) is 53.6 Å². The molecular weight excluding hydrogens is 234 g/mol. The Morgan fingerprint density at radius 3 is 2.78 bits per heavy atom. The first-order valence-corrected chi connectivity index (χ1v) is 6.17. The van der Waals surface area contributed by atoms with Crippen LogP contribution in [-0.2, 0) is 0 Å². The predicted molar refractivity (Wildman–Crippen MR) is 64.4 cm³/mol. The van der Waals surface area contributed by atoms with Crippen molar-refractivity contribution < 1.29 is 14.7 Å². The molecule has 3 N–H and O–H groups in total. The molecule has 6 nitrogen and oxygen atoms in total. The number of nitrogens with zero attached hydrogens (tertiary/aromatic N) is 1. The molecule has 0 bridgehead atoms. The van der Waals surface area contributed by atoms with Crippen LogP contribution < -0.4 is 5.32 Å².